The SMILES string of the molecule is CCC1(C)OC2(CCCCC2)O[C@H]1C(C)N. The summed E-state index contributed by atoms with van der Waals surface area (Å²) >= 11 is 0. The van der Waals surface area contributed by atoms with Crippen LogP contribution in [0.3, 0.4) is 0 Å². The Morgan fingerprint density at radius 3 is 2.38 bits per heavy atom. The predicted molar refractivity (Wildman–Crippen MR) is 64.1 cm³/mol. The van der Waals surface area contributed by atoms with Gasteiger partial charge in [0.2, 0.25) is 0 Å². The Kier molecular flexibility index (Phi) is 3.30. The van der Waals surface area contributed by atoms with Crippen LogP contribution in [0.4, 0.5) is 0 Å². The summed E-state index contributed by atoms with van der Waals surface area (Å²) in [6, 6.07) is 0.0336. The smallest absolute Gasteiger partial charge is 0.169 e. The van der Waals surface area contributed by atoms with Crippen LogP contribution in [0.25, 0.3) is 0 Å². The van der Waals surface area contributed by atoms with E-state index in [9.17, 15) is 0 Å². The molecular weight excluding hydrogens is 202 g/mol. The highest BCUT2D eigenvalue weighted by atomic mass is 16.8. The topological polar surface area (TPSA) is 44.5 Å². The third-order valence-electron chi connectivity index (χ3n) is 4.16. The summed E-state index contributed by atoms with van der Waals surface area (Å²) in [6.45, 7) is 6.31. The van der Waals surface area contributed by atoms with Gasteiger partial charge in [-0.2, -0.15) is 0 Å². The Bertz CT molecular complexity index is 248. The van der Waals surface area contributed by atoms with Crippen LogP contribution >= 0.6 is 0 Å². The van der Waals surface area contributed by atoms with Crippen molar-refractivity contribution >= 4 is 0 Å². The second kappa shape index (κ2) is 4.28. The van der Waals surface area contributed by atoms with Crippen LogP contribution in [0.5, 0.6) is 0 Å². The van der Waals surface area contributed by atoms with Gasteiger partial charge in [-0.3, -0.25) is 0 Å². The lowest BCUT2D eigenvalue weighted by molar-refractivity contribution is -0.206. The number of rotatable bonds is 2. The van der Waals surface area contributed by atoms with Gasteiger partial charge < -0.3 is 15.2 Å². The fourth-order valence-electron chi connectivity index (χ4n) is 3.11. The maximum atomic E-state index is 6.30. The molecule has 2 N–H and O–H groups in total. The molecule has 1 saturated carbocycles. The molecule has 0 bridgehead atoms. The number of ether oxygens (including phenoxy) is 2. The molecule has 2 aliphatic rings. The van der Waals surface area contributed by atoms with Crippen molar-refractivity contribution in [2.45, 2.75) is 82.8 Å². The molecule has 3 nitrogen and oxygen atoms in total. The average Bonchev–Trinajstić information content (AvgIpc) is 2.54. The Balaban J connectivity index is 2.16. The lowest BCUT2D eigenvalue weighted by atomic mass is 9.92. The quantitative estimate of drug-likeness (QED) is 0.788. The van der Waals surface area contributed by atoms with Crippen LogP contribution < -0.4 is 5.73 Å². The van der Waals surface area contributed by atoms with Crippen molar-refractivity contribution in [3.05, 3.63) is 0 Å². The highest BCUT2D eigenvalue weighted by molar-refractivity contribution is 4.98. The van der Waals surface area contributed by atoms with Crippen LogP contribution in [-0.2, 0) is 9.47 Å². The molecule has 1 aliphatic heterocycles. The third-order valence-corrected chi connectivity index (χ3v) is 4.16. The van der Waals surface area contributed by atoms with E-state index in [2.05, 4.69) is 13.8 Å². The minimum atomic E-state index is -0.318. The summed E-state index contributed by atoms with van der Waals surface area (Å²) in [7, 11) is 0. The van der Waals surface area contributed by atoms with Crippen molar-refractivity contribution < 1.29 is 9.47 Å². The van der Waals surface area contributed by atoms with E-state index < -0.39 is 0 Å². The van der Waals surface area contributed by atoms with Gasteiger partial charge in [-0.25, -0.2) is 0 Å². The zero-order valence-corrected chi connectivity index (χ0v) is 10.8. The molecule has 1 heterocycles. The standard InChI is InChI=1S/C13H25NO2/c1-4-12(3)11(10(2)14)15-13(16-12)8-6-5-7-9-13/h10-11H,4-9,14H2,1-3H3/t10?,11-,12?/m0/s1. The first-order valence-electron chi connectivity index (χ1n) is 6.65. The second-order valence-corrected chi connectivity index (χ2v) is 5.64. The maximum absolute atomic E-state index is 6.30. The van der Waals surface area contributed by atoms with E-state index in [1.165, 1.54) is 19.3 Å². The van der Waals surface area contributed by atoms with E-state index in [0.717, 1.165) is 19.3 Å². The van der Waals surface area contributed by atoms with E-state index in [0.29, 0.717) is 0 Å². The van der Waals surface area contributed by atoms with E-state index in [-0.39, 0.29) is 23.5 Å². The highest BCUT2D eigenvalue weighted by Gasteiger charge is 2.54. The molecule has 3 atom stereocenters. The normalized spacial score (nSPS) is 40.1. The number of hydrogen-bond acceptors (Lipinski definition) is 3. The number of hydrogen-bond donors (Lipinski definition) is 1. The lowest BCUT2D eigenvalue weighted by Crippen LogP contribution is -2.46. The summed E-state index contributed by atoms with van der Waals surface area (Å²) in [5, 5.41) is 0. The average molecular weight is 227 g/mol. The van der Waals surface area contributed by atoms with Gasteiger partial charge in [0.15, 0.2) is 5.79 Å². The van der Waals surface area contributed by atoms with Gasteiger partial charge in [0.25, 0.3) is 0 Å². The largest absolute Gasteiger partial charge is 0.342 e. The van der Waals surface area contributed by atoms with Crippen molar-refractivity contribution in [1.82, 2.24) is 0 Å². The molecule has 0 radical (unpaired) electrons. The van der Waals surface area contributed by atoms with Gasteiger partial charge in [-0.05, 0) is 33.1 Å². The summed E-state index contributed by atoms with van der Waals surface area (Å²) in [5.74, 6) is -0.318. The van der Waals surface area contributed by atoms with Gasteiger partial charge in [-0.15, -0.1) is 0 Å². The van der Waals surface area contributed by atoms with Crippen LogP contribution in [0.2, 0.25) is 0 Å². The van der Waals surface area contributed by atoms with Crippen molar-refractivity contribution in [3.8, 4) is 0 Å². The first kappa shape index (κ1) is 12.3. The molecule has 2 unspecified atom stereocenters. The third kappa shape index (κ3) is 2.01. The first-order valence-corrected chi connectivity index (χ1v) is 6.65. The fourth-order valence-corrected chi connectivity index (χ4v) is 3.11. The molecule has 3 heteroatoms. The van der Waals surface area contributed by atoms with Crippen molar-refractivity contribution in [1.29, 1.82) is 0 Å². The minimum Gasteiger partial charge on any atom is -0.342 e. The molecule has 0 aromatic rings. The molecule has 1 saturated heterocycles. The summed E-state index contributed by atoms with van der Waals surface area (Å²) in [6.07, 6.45) is 6.80. The van der Waals surface area contributed by atoms with E-state index in [4.69, 9.17) is 15.2 Å². The van der Waals surface area contributed by atoms with Crippen LogP contribution in [0.1, 0.15) is 59.3 Å². The van der Waals surface area contributed by atoms with Crippen LogP contribution in [0, 0.1) is 0 Å². The fraction of sp³-hybridized carbons (Fsp3) is 1.00. The lowest BCUT2D eigenvalue weighted by Gasteiger charge is -2.33. The van der Waals surface area contributed by atoms with E-state index >= 15 is 0 Å². The molecule has 16 heavy (non-hydrogen) atoms. The molecule has 2 fully saturated rings. The van der Waals surface area contributed by atoms with Crippen LogP contribution in [0.15, 0.2) is 0 Å². The van der Waals surface area contributed by atoms with Gasteiger partial charge in [0, 0.05) is 18.9 Å². The summed E-state index contributed by atoms with van der Waals surface area (Å²) in [5.41, 5.74) is 5.83. The highest BCUT2D eigenvalue weighted by Crippen LogP contribution is 2.46. The Labute approximate surface area is 98.7 Å². The molecule has 94 valence electrons. The monoisotopic (exact) mass is 227 g/mol. The van der Waals surface area contributed by atoms with E-state index in [1.54, 1.807) is 0 Å². The summed E-state index contributed by atoms with van der Waals surface area (Å²) in [4.78, 5) is 0. The Morgan fingerprint density at radius 1 is 1.31 bits per heavy atom. The van der Waals surface area contributed by atoms with Gasteiger partial charge >= 0.3 is 0 Å². The zero-order valence-electron chi connectivity index (χ0n) is 10.8. The van der Waals surface area contributed by atoms with Crippen molar-refractivity contribution in [2.75, 3.05) is 0 Å². The Hall–Kier alpha value is -0.120. The summed E-state index contributed by atoms with van der Waals surface area (Å²) < 4.78 is 12.5. The van der Waals surface area contributed by atoms with Crippen LogP contribution in [-0.4, -0.2) is 23.5 Å². The van der Waals surface area contributed by atoms with Crippen molar-refractivity contribution in [2.24, 2.45) is 5.73 Å². The van der Waals surface area contributed by atoms with Crippen molar-refractivity contribution in [3.63, 3.8) is 0 Å². The molecule has 0 aromatic carbocycles. The maximum Gasteiger partial charge on any atom is 0.169 e. The van der Waals surface area contributed by atoms with E-state index in [1.807, 2.05) is 6.92 Å². The molecule has 0 amide bonds. The Morgan fingerprint density at radius 2 is 1.94 bits per heavy atom. The minimum absolute atomic E-state index is 0.0336. The second-order valence-electron chi connectivity index (χ2n) is 5.64. The number of nitrogens with two attached hydrogens (primary N) is 1. The first-order chi connectivity index (χ1) is 7.51. The molecular formula is C13H25NO2. The predicted octanol–water partition coefficient (Wildman–Crippen LogP) is 2.58. The zero-order chi connectivity index (χ0) is 11.8. The molecule has 1 spiro atoms. The van der Waals surface area contributed by atoms with Gasteiger partial charge in [0.05, 0.1) is 5.60 Å². The van der Waals surface area contributed by atoms with Gasteiger partial charge in [0.1, 0.15) is 6.10 Å². The molecule has 0 aromatic heterocycles. The van der Waals surface area contributed by atoms with Gasteiger partial charge in [-0.1, -0.05) is 13.3 Å². The molecule has 2 rings (SSSR count). The molecule has 1 aliphatic carbocycles.